The van der Waals surface area contributed by atoms with Crippen LogP contribution in [-0.4, -0.2) is 40.6 Å². The second-order valence-electron chi connectivity index (χ2n) is 6.72. The van der Waals surface area contributed by atoms with E-state index in [-0.39, 0.29) is 18.9 Å². The fourth-order valence-corrected chi connectivity index (χ4v) is 3.37. The third kappa shape index (κ3) is 4.25. The predicted octanol–water partition coefficient (Wildman–Crippen LogP) is 1.49. The zero-order valence-electron chi connectivity index (χ0n) is 14.6. The Kier molecular flexibility index (Phi) is 5.93. The number of amides is 1. The first-order valence-electron chi connectivity index (χ1n) is 8.89. The molecule has 0 bridgehead atoms. The minimum absolute atomic E-state index is 0.0978. The summed E-state index contributed by atoms with van der Waals surface area (Å²) in [4.78, 5) is 17.1. The number of rotatable bonds is 6. The molecular weight excluding hydrogens is 328 g/mol. The number of hydrogen-bond acceptors (Lipinski definition) is 4. The normalized spacial score (nSPS) is 20.0. The molecule has 1 aliphatic carbocycles. The quantitative estimate of drug-likeness (QED) is 0.734. The molecule has 0 unspecified atom stereocenters. The highest BCUT2D eigenvalue weighted by Gasteiger charge is 2.29. The summed E-state index contributed by atoms with van der Waals surface area (Å²) in [5.74, 6) is -0.810. The number of fused-ring (bicyclic) bond motifs is 1. The Labute approximate surface area is 153 Å². The predicted molar refractivity (Wildman–Crippen MR) is 101 cm³/mol. The number of hydrogen-bond donors (Lipinski definition) is 3. The molecule has 0 aliphatic heterocycles. The number of nitrogens with two attached hydrogens (primary N) is 1. The molecule has 136 valence electrons. The van der Waals surface area contributed by atoms with E-state index >= 15 is 0 Å². The van der Waals surface area contributed by atoms with Gasteiger partial charge in [-0.2, -0.15) is 0 Å². The van der Waals surface area contributed by atoms with Gasteiger partial charge < -0.3 is 15.9 Å². The summed E-state index contributed by atoms with van der Waals surface area (Å²) in [6, 6.07) is 17.2. The van der Waals surface area contributed by atoms with Crippen molar-refractivity contribution in [3.8, 4) is 0 Å². The molecule has 2 aromatic rings. The van der Waals surface area contributed by atoms with Crippen LogP contribution in [0.25, 0.3) is 0 Å². The molecule has 0 radical (unpaired) electrons. The molecule has 2 aromatic carbocycles. The number of benzene rings is 2. The summed E-state index contributed by atoms with van der Waals surface area (Å²) < 4.78 is 0. The van der Waals surface area contributed by atoms with Crippen LogP contribution in [0.5, 0.6) is 0 Å². The van der Waals surface area contributed by atoms with E-state index in [1.54, 1.807) is 0 Å². The van der Waals surface area contributed by atoms with Gasteiger partial charge in [-0.15, -0.1) is 0 Å². The molecule has 4 N–H and O–H groups in total. The Morgan fingerprint density at radius 3 is 2.58 bits per heavy atom. The van der Waals surface area contributed by atoms with Gasteiger partial charge in [-0.1, -0.05) is 54.6 Å². The highest BCUT2D eigenvalue weighted by Crippen LogP contribution is 2.24. The van der Waals surface area contributed by atoms with E-state index in [1.807, 2.05) is 54.6 Å². The van der Waals surface area contributed by atoms with Crippen molar-refractivity contribution in [3.63, 3.8) is 0 Å². The van der Waals surface area contributed by atoms with Crippen molar-refractivity contribution in [2.45, 2.75) is 31.5 Å². The number of aliphatic imine (C=N–C) groups is 1. The van der Waals surface area contributed by atoms with E-state index in [0.717, 1.165) is 16.7 Å². The van der Waals surface area contributed by atoms with Gasteiger partial charge in [0.05, 0.1) is 11.8 Å². The fraction of sp³-hybridized carbons (Fsp3) is 0.333. The first-order chi connectivity index (χ1) is 12.6. The van der Waals surface area contributed by atoms with E-state index in [1.165, 1.54) is 0 Å². The Morgan fingerprint density at radius 1 is 1.15 bits per heavy atom. The Morgan fingerprint density at radius 2 is 1.85 bits per heavy atom. The summed E-state index contributed by atoms with van der Waals surface area (Å²) in [6.45, 7) is 0.0978. The molecular formula is C21H24N2O3. The molecule has 0 fully saturated rings. The van der Waals surface area contributed by atoms with E-state index < -0.39 is 18.1 Å². The van der Waals surface area contributed by atoms with E-state index in [4.69, 9.17) is 5.73 Å². The van der Waals surface area contributed by atoms with Crippen molar-refractivity contribution >= 4 is 11.6 Å². The third-order valence-corrected chi connectivity index (χ3v) is 4.76. The lowest BCUT2D eigenvalue weighted by Gasteiger charge is -2.17. The fourth-order valence-electron chi connectivity index (χ4n) is 3.37. The maximum atomic E-state index is 12.9. The topological polar surface area (TPSA) is 95.9 Å². The maximum Gasteiger partial charge on any atom is 0.249 e. The molecule has 3 rings (SSSR count). The van der Waals surface area contributed by atoms with Crippen LogP contribution in [-0.2, 0) is 17.6 Å². The maximum absolute atomic E-state index is 12.9. The lowest BCUT2D eigenvalue weighted by Crippen LogP contribution is -2.28. The van der Waals surface area contributed by atoms with Crippen LogP contribution in [0.15, 0.2) is 59.6 Å². The first-order valence-corrected chi connectivity index (χ1v) is 8.89. The van der Waals surface area contributed by atoms with Gasteiger partial charge in [0, 0.05) is 24.4 Å². The molecule has 0 saturated carbocycles. The van der Waals surface area contributed by atoms with Gasteiger partial charge in [0.1, 0.15) is 6.10 Å². The standard InChI is InChI=1S/C21H24N2O3/c22-13-17(24)11-16(10-14-6-2-1-3-7-14)21(26)23-20-18-9-5-4-8-15(18)12-19(20)25/h1-9,16-17,19,24-25H,10-13,22H2/t16-,17+,19-/m1/s1. The Hall–Kier alpha value is -2.34. The molecule has 0 spiro atoms. The highest BCUT2D eigenvalue weighted by atomic mass is 16.3. The van der Waals surface area contributed by atoms with Crippen LogP contribution < -0.4 is 5.73 Å². The second kappa shape index (κ2) is 8.36. The third-order valence-electron chi connectivity index (χ3n) is 4.76. The van der Waals surface area contributed by atoms with Gasteiger partial charge >= 0.3 is 0 Å². The zero-order valence-corrected chi connectivity index (χ0v) is 14.6. The SMILES string of the molecule is NC[C@@H](O)C[C@@H](Cc1ccccc1)C(=O)N=C1c2ccccc2C[C@H]1O. The van der Waals surface area contributed by atoms with Gasteiger partial charge in [-0.05, 0) is 24.0 Å². The van der Waals surface area contributed by atoms with Gasteiger partial charge in [-0.25, -0.2) is 4.99 Å². The summed E-state index contributed by atoms with van der Waals surface area (Å²) in [7, 11) is 0. The lowest BCUT2D eigenvalue weighted by molar-refractivity contribution is -0.122. The van der Waals surface area contributed by atoms with Crippen LogP contribution in [0, 0.1) is 5.92 Å². The summed E-state index contributed by atoms with van der Waals surface area (Å²) in [5, 5.41) is 20.3. The average Bonchev–Trinajstić information content (AvgIpc) is 2.97. The monoisotopic (exact) mass is 352 g/mol. The molecule has 0 saturated heterocycles. The van der Waals surface area contributed by atoms with Crippen molar-refractivity contribution in [3.05, 3.63) is 71.3 Å². The molecule has 0 heterocycles. The van der Waals surface area contributed by atoms with Gasteiger partial charge in [0.25, 0.3) is 0 Å². The smallest absolute Gasteiger partial charge is 0.249 e. The molecule has 1 aliphatic rings. The van der Waals surface area contributed by atoms with Crippen molar-refractivity contribution < 1.29 is 15.0 Å². The van der Waals surface area contributed by atoms with E-state index in [9.17, 15) is 15.0 Å². The molecule has 0 aromatic heterocycles. The van der Waals surface area contributed by atoms with Crippen LogP contribution in [0.1, 0.15) is 23.1 Å². The van der Waals surface area contributed by atoms with Gasteiger partial charge in [-0.3, -0.25) is 4.79 Å². The van der Waals surface area contributed by atoms with Gasteiger partial charge in [0.15, 0.2) is 0 Å². The van der Waals surface area contributed by atoms with Gasteiger partial charge in [0.2, 0.25) is 5.91 Å². The molecule has 1 amide bonds. The minimum Gasteiger partial charge on any atom is -0.392 e. The number of aliphatic hydroxyl groups is 2. The number of nitrogens with zero attached hydrogens (tertiary/aromatic N) is 1. The Balaban J connectivity index is 1.85. The zero-order chi connectivity index (χ0) is 18.5. The van der Waals surface area contributed by atoms with Crippen molar-refractivity contribution in [1.29, 1.82) is 0 Å². The van der Waals surface area contributed by atoms with Crippen LogP contribution in [0.2, 0.25) is 0 Å². The highest BCUT2D eigenvalue weighted by molar-refractivity contribution is 6.12. The second-order valence-corrected chi connectivity index (χ2v) is 6.72. The van der Waals surface area contributed by atoms with Crippen molar-refractivity contribution in [2.24, 2.45) is 16.6 Å². The molecule has 5 nitrogen and oxygen atoms in total. The van der Waals surface area contributed by atoms with Crippen LogP contribution in [0.4, 0.5) is 0 Å². The van der Waals surface area contributed by atoms with Crippen molar-refractivity contribution in [1.82, 2.24) is 0 Å². The van der Waals surface area contributed by atoms with Crippen molar-refractivity contribution in [2.75, 3.05) is 6.54 Å². The first kappa shape index (κ1) is 18.5. The molecule has 26 heavy (non-hydrogen) atoms. The van der Waals surface area contributed by atoms with E-state index in [0.29, 0.717) is 18.6 Å². The molecule has 3 atom stereocenters. The minimum atomic E-state index is -0.770. The molecule has 5 heteroatoms. The number of carbonyl (C=O) groups excluding carboxylic acids is 1. The van der Waals surface area contributed by atoms with Crippen LogP contribution in [0.3, 0.4) is 0 Å². The summed E-state index contributed by atoms with van der Waals surface area (Å²) in [5.41, 5.74) is 8.77. The van der Waals surface area contributed by atoms with E-state index in [2.05, 4.69) is 4.99 Å². The lowest BCUT2D eigenvalue weighted by atomic mass is 9.92. The largest absolute Gasteiger partial charge is 0.392 e. The average molecular weight is 352 g/mol. The number of aliphatic hydroxyl groups excluding tert-OH is 2. The number of carbonyl (C=O) groups is 1. The van der Waals surface area contributed by atoms with Crippen LogP contribution >= 0.6 is 0 Å². The summed E-state index contributed by atoms with van der Waals surface area (Å²) in [6.07, 6.45) is -0.331. The summed E-state index contributed by atoms with van der Waals surface area (Å²) >= 11 is 0. The Bertz CT molecular complexity index is 789.